The first-order chi connectivity index (χ1) is 20.6. The molecule has 43 heavy (non-hydrogen) atoms. The Morgan fingerprint density at radius 2 is 1.95 bits per heavy atom. The quantitative estimate of drug-likeness (QED) is 0.131. The van der Waals surface area contributed by atoms with E-state index in [0.29, 0.717) is 26.6 Å². The van der Waals surface area contributed by atoms with Crippen LogP contribution in [-0.4, -0.2) is 22.1 Å². The van der Waals surface area contributed by atoms with E-state index in [1.54, 1.807) is 50.2 Å². The van der Waals surface area contributed by atoms with Crippen molar-refractivity contribution in [1.29, 1.82) is 0 Å². The molecule has 9 nitrogen and oxygen atoms in total. The fourth-order valence-corrected chi connectivity index (χ4v) is 6.53. The predicted octanol–water partition coefficient (Wildman–Crippen LogP) is 5.84. The van der Waals surface area contributed by atoms with Crippen molar-refractivity contribution in [2.24, 2.45) is 4.99 Å². The summed E-state index contributed by atoms with van der Waals surface area (Å²) in [6.45, 7) is 3.24. The predicted molar refractivity (Wildman–Crippen MR) is 163 cm³/mol. The first-order valence-corrected chi connectivity index (χ1v) is 14.9. The van der Waals surface area contributed by atoms with E-state index in [0.717, 1.165) is 11.3 Å². The number of allylic oxidation sites excluding steroid dienone is 1. The zero-order valence-corrected chi connectivity index (χ0v) is 25.8. The number of hydrogen-bond donors (Lipinski definition) is 0. The van der Waals surface area contributed by atoms with Crippen molar-refractivity contribution < 1.29 is 23.6 Å². The fraction of sp³-hybridized carbons (Fsp3) is 0.167. The second-order valence-corrected chi connectivity index (χ2v) is 11.6. The molecule has 13 heteroatoms. The molecule has 0 aliphatic carbocycles. The largest absolute Gasteiger partial charge is 0.481 e. The molecule has 1 aromatic heterocycles. The van der Waals surface area contributed by atoms with Gasteiger partial charge in [0.05, 0.1) is 31.8 Å². The van der Waals surface area contributed by atoms with Crippen LogP contribution < -0.4 is 19.6 Å². The van der Waals surface area contributed by atoms with Crippen LogP contribution in [0.3, 0.4) is 0 Å². The minimum atomic E-state index is -0.901. The number of benzene rings is 3. The highest BCUT2D eigenvalue weighted by atomic mass is 79.9. The summed E-state index contributed by atoms with van der Waals surface area (Å²) in [4.78, 5) is 43.1. The van der Waals surface area contributed by atoms with Gasteiger partial charge >= 0.3 is 11.7 Å². The van der Waals surface area contributed by atoms with Gasteiger partial charge in [0.25, 0.3) is 5.56 Å². The molecule has 0 saturated heterocycles. The number of carbonyl (C=O) groups excluding carboxylic acids is 1. The summed E-state index contributed by atoms with van der Waals surface area (Å²) >= 11 is 10.9. The number of aromatic nitrogens is 1. The maximum Gasteiger partial charge on any atom is 0.338 e. The van der Waals surface area contributed by atoms with Crippen LogP contribution in [-0.2, 0) is 16.1 Å². The van der Waals surface area contributed by atoms with Gasteiger partial charge in [0.1, 0.15) is 18.5 Å². The number of halogens is 3. The van der Waals surface area contributed by atoms with E-state index in [-0.39, 0.29) is 44.8 Å². The van der Waals surface area contributed by atoms with Gasteiger partial charge in [-0.25, -0.2) is 14.2 Å². The van der Waals surface area contributed by atoms with E-state index >= 15 is 0 Å². The molecule has 1 aliphatic rings. The summed E-state index contributed by atoms with van der Waals surface area (Å²) in [5.41, 5.74) is 0.802. The molecular formula is C30H22BrClFN3O6S. The third kappa shape index (κ3) is 6.03. The van der Waals surface area contributed by atoms with E-state index in [1.165, 1.54) is 34.9 Å². The lowest BCUT2D eigenvalue weighted by atomic mass is 9.96. The smallest absolute Gasteiger partial charge is 0.338 e. The number of nitro groups is 1. The number of fused-ring (bicyclic) bond motifs is 1. The van der Waals surface area contributed by atoms with Crippen LogP contribution in [0.5, 0.6) is 5.75 Å². The molecule has 2 heterocycles. The number of rotatable bonds is 8. The Morgan fingerprint density at radius 1 is 1.23 bits per heavy atom. The second-order valence-electron chi connectivity index (χ2n) is 9.31. The molecule has 0 amide bonds. The van der Waals surface area contributed by atoms with Gasteiger partial charge in [-0.1, -0.05) is 59.3 Å². The van der Waals surface area contributed by atoms with Crippen molar-refractivity contribution in [2.45, 2.75) is 26.5 Å². The lowest BCUT2D eigenvalue weighted by Gasteiger charge is -2.25. The normalized spacial score (nSPS) is 14.7. The van der Waals surface area contributed by atoms with Crippen LogP contribution >= 0.6 is 38.9 Å². The van der Waals surface area contributed by atoms with Crippen LogP contribution in [0, 0.1) is 15.9 Å². The fourth-order valence-electron chi connectivity index (χ4n) is 4.66. The molecular weight excluding hydrogens is 665 g/mol. The number of carbonyl (C=O) groups is 1. The Labute approximate surface area is 261 Å². The van der Waals surface area contributed by atoms with E-state index < -0.39 is 28.3 Å². The van der Waals surface area contributed by atoms with E-state index in [2.05, 4.69) is 20.9 Å². The number of nitrogens with zero attached hydrogens (tertiary/aromatic N) is 3. The highest BCUT2D eigenvalue weighted by Gasteiger charge is 2.34. The lowest BCUT2D eigenvalue weighted by molar-refractivity contribution is -0.386. The Morgan fingerprint density at radius 3 is 2.65 bits per heavy atom. The number of ether oxygens (including phenoxy) is 2. The summed E-state index contributed by atoms with van der Waals surface area (Å²) in [5, 5.41) is 12.3. The summed E-state index contributed by atoms with van der Waals surface area (Å²) in [6.07, 6.45) is 1.50. The van der Waals surface area contributed by atoms with Gasteiger partial charge in [0.2, 0.25) is 5.75 Å². The highest BCUT2D eigenvalue weighted by molar-refractivity contribution is 9.10. The minimum absolute atomic E-state index is 0.0831. The van der Waals surface area contributed by atoms with E-state index in [9.17, 15) is 24.1 Å². The first kappa shape index (κ1) is 30.3. The zero-order chi connectivity index (χ0) is 30.8. The topological polar surface area (TPSA) is 113 Å². The summed E-state index contributed by atoms with van der Waals surface area (Å²) in [7, 11) is 0. The highest BCUT2D eigenvalue weighted by Crippen LogP contribution is 2.38. The molecule has 0 spiro atoms. The Bertz CT molecular complexity index is 1990. The summed E-state index contributed by atoms with van der Waals surface area (Å²) in [5.74, 6) is -1.20. The van der Waals surface area contributed by atoms with Crippen LogP contribution in [0.15, 0.2) is 86.2 Å². The summed E-state index contributed by atoms with van der Waals surface area (Å²) < 4.78 is 26.9. The van der Waals surface area contributed by atoms with Crippen LogP contribution in [0.1, 0.15) is 36.6 Å². The molecule has 3 aromatic carbocycles. The van der Waals surface area contributed by atoms with Gasteiger partial charge < -0.3 is 9.47 Å². The monoisotopic (exact) mass is 685 g/mol. The third-order valence-electron chi connectivity index (χ3n) is 6.59. The van der Waals surface area contributed by atoms with Crippen molar-refractivity contribution in [3.8, 4) is 5.75 Å². The molecule has 0 radical (unpaired) electrons. The Balaban J connectivity index is 1.62. The molecule has 0 bridgehead atoms. The molecule has 0 fully saturated rings. The van der Waals surface area contributed by atoms with Gasteiger partial charge in [0, 0.05) is 16.7 Å². The van der Waals surface area contributed by atoms with E-state index in [1.807, 2.05) is 0 Å². The van der Waals surface area contributed by atoms with Crippen molar-refractivity contribution in [3.05, 3.63) is 134 Å². The maximum atomic E-state index is 14.1. The van der Waals surface area contributed by atoms with Crippen molar-refractivity contribution in [2.75, 3.05) is 6.61 Å². The van der Waals surface area contributed by atoms with Gasteiger partial charge in [0.15, 0.2) is 4.80 Å². The molecule has 5 rings (SSSR count). The molecule has 0 saturated carbocycles. The van der Waals surface area contributed by atoms with Crippen LogP contribution in [0.25, 0.3) is 6.08 Å². The standard InChI is InChI=1S/C30H22BrClFN3O6S/c1-3-41-29(38)25-16(2)34-30-35(26(25)19-9-5-6-10-21(19)32)28(37)24(43-30)14-17-12-20(31)27(23(13-17)36(39)40)42-15-18-8-4-7-11-22(18)33/h4-14,26H,3,15H2,1-2H3/b24-14-/t26-/m0/s1. The van der Waals surface area contributed by atoms with Crippen molar-refractivity contribution in [1.82, 2.24) is 4.57 Å². The van der Waals surface area contributed by atoms with Crippen LogP contribution in [0.2, 0.25) is 5.02 Å². The lowest BCUT2D eigenvalue weighted by Crippen LogP contribution is -2.40. The number of esters is 1. The SMILES string of the molecule is CCOC(=O)C1=C(C)N=c2s/c(=C\c3cc(Br)c(OCc4ccccc4F)c([N+](=O)[O-])c3)c(=O)n2[C@H]1c1ccccc1Cl. The van der Waals surface area contributed by atoms with Crippen LogP contribution in [0.4, 0.5) is 10.1 Å². The van der Waals surface area contributed by atoms with Gasteiger partial charge in [-0.3, -0.25) is 19.5 Å². The molecule has 1 atom stereocenters. The van der Waals surface area contributed by atoms with Gasteiger partial charge in [-0.05, 0) is 65.2 Å². The average Bonchev–Trinajstić information content (AvgIpc) is 3.26. The van der Waals surface area contributed by atoms with E-state index in [4.69, 9.17) is 21.1 Å². The second kappa shape index (κ2) is 12.6. The number of hydrogen-bond acceptors (Lipinski definition) is 8. The molecule has 0 N–H and O–H groups in total. The van der Waals surface area contributed by atoms with Gasteiger partial charge in [-0.2, -0.15) is 0 Å². The molecule has 220 valence electrons. The molecule has 1 aliphatic heterocycles. The number of thiazole rings is 1. The van der Waals surface area contributed by atoms with Crippen molar-refractivity contribution in [3.63, 3.8) is 0 Å². The molecule has 4 aromatic rings. The first-order valence-electron chi connectivity index (χ1n) is 12.9. The summed E-state index contributed by atoms with van der Waals surface area (Å²) in [6, 6.07) is 14.8. The zero-order valence-electron chi connectivity index (χ0n) is 22.7. The van der Waals surface area contributed by atoms with Crippen molar-refractivity contribution >= 4 is 56.6 Å². The minimum Gasteiger partial charge on any atom is -0.481 e. The van der Waals surface area contributed by atoms with Gasteiger partial charge in [-0.15, -0.1) is 0 Å². The molecule has 0 unspecified atom stereocenters. The Kier molecular flexibility index (Phi) is 8.90. The third-order valence-corrected chi connectivity index (χ3v) is 8.50. The maximum absolute atomic E-state index is 14.1. The Hall–Kier alpha value is -4.13. The number of nitro benzene ring substituents is 1. The average molecular weight is 687 g/mol.